The molecule has 0 saturated carbocycles. The molecule has 3 heterocycles. The summed E-state index contributed by atoms with van der Waals surface area (Å²) in [6.45, 7) is 0.949. The number of carbonyl (C=O) groups excluding carboxylic acids is 1. The second-order valence-corrected chi connectivity index (χ2v) is 5.69. The van der Waals surface area contributed by atoms with Gasteiger partial charge in [-0.25, -0.2) is 0 Å². The molecular formula is C16H15NO6. The molecule has 3 aliphatic rings. The molecule has 0 unspecified atom stereocenters. The molecule has 0 radical (unpaired) electrons. The normalized spacial score (nSPS) is 30.3. The highest BCUT2D eigenvalue weighted by molar-refractivity contribution is 5.96. The van der Waals surface area contributed by atoms with Crippen molar-refractivity contribution in [2.75, 3.05) is 18.5 Å². The minimum Gasteiger partial charge on any atom is -0.486 e. The summed E-state index contributed by atoms with van der Waals surface area (Å²) in [7, 11) is 0. The van der Waals surface area contributed by atoms with Gasteiger partial charge in [-0.2, -0.15) is 0 Å². The fraction of sp³-hybridized carbons (Fsp3) is 0.375. The molecule has 0 aliphatic carbocycles. The lowest BCUT2D eigenvalue weighted by atomic mass is 9.82. The first-order valence-electron chi connectivity index (χ1n) is 7.40. The molecule has 2 N–H and O–H groups in total. The van der Waals surface area contributed by atoms with Gasteiger partial charge >= 0.3 is 5.97 Å². The van der Waals surface area contributed by atoms with Gasteiger partial charge in [0.25, 0.3) is 0 Å². The number of carboxylic acids is 1. The minimum atomic E-state index is -1.02. The fourth-order valence-electron chi connectivity index (χ4n) is 3.26. The highest BCUT2D eigenvalue weighted by Gasteiger charge is 2.53. The maximum absolute atomic E-state index is 12.5. The van der Waals surface area contributed by atoms with Crippen molar-refractivity contribution in [3.05, 3.63) is 30.4 Å². The molecule has 1 saturated heterocycles. The predicted octanol–water partition coefficient (Wildman–Crippen LogP) is 1.05. The number of hydrogen-bond donors (Lipinski definition) is 2. The third kappa shape index (κ3) is 2.33. The average molecular weight is 317 g/mol. The number of carbonyl (C=O) groups is 2. The Balaban J connectivity index is 1.54. The molecule has 0 aromatic heterocycles. The number of anilines is 1. The van der Waals surface area contributed by atoms with E-state index in [-0.39, 0.29) is 5.91 Å². The van der Waals surface area contributed by atoms with Crippen LogP contribution < -0.4 is 14.8 Å². The molecule has 1 amide bonds. The topological polar surface area (TPSA) is 94.1 Å². The van der Waals surface area contributed by atoms with E-state index < -0.39 is 30.0 Å². The molecule has 23 heavy (non-hydrogen) atoms. The molecule has 3 aliphatic heterocycles. The van der Waals surface area contributed by atoms with E-state index in [1.165, 1.54) is 0 Å². The van der Waals surface area contributed by atoms with Crippen LogP contribution in [-0.2, 0) is 14.3 Å². The molecule has 7 heteroatoms. The zero-order valence-corrected chi connectivity index (χ0v) is 12.1. The van der Waals surface area contributed by atoms with E-state index in [4.69, 9.17) is 14.2 Å². The maximum Gasteiger partial charge on any atom is 0.310 e. The van der Waals surface area contributed by atoms with Crippen molar-refractivity contribution in [2.45, 2.75) is 12.2 Å². The van der Waals surface area contributed by atoms with Gasteiger partial charge in [0.1, 0.15) is 19.1 Å². The number of benzene rings is 1. The van der Waals surface area contributed by atoms with Crippen LogP contribution >= 0.6 is 0 Å². The van der Waals surface area contributed by atoms with Gasteiger partial charge in [-0.3, -0.25) is 9.59 Å². The number of ether oxygens (including phenoxy) is 3. The number of amides is 1. The van der Waals surface area contributed by atoms with Crippen molar-refractivity contribution in [1.82, 2.24) is 0 Å². The molecule has 1 aromatic carbocycles. The van der Waals surface area contributed by atoms with Crippen LogP contribution in [0, 0.1) is 11.8 Å². The van der Waals surface area contributed by atoms with E-state index in [2.05, 4.69) is 5.32 Å². The second kappa shape index (κ2) is 5.27. The van der Waals surface area contributed by atoms with E-state index >= 15 is 0 Å². The van der Waals surface area contributed by atoms with E-state index in [1.54, 1.807) is 30.4 Å². The summed E-state index contributed by atoms with van der Waals surface area (Å²) in [5.74, 6) is -1.80. The Kier molecular flexibility index (Phi) is 3.23. The summed E-state index contributed by atoms with van der Waals surface area (Å²) in [4.78, 5) is 23.9. The van der Waals surface area contributed by atoms with Crippen LogP contribution in [0.3, 0.4) is 0 Å². The van der Waals surface area contributed by atoms with Crippen molar-refractivity contribution < 1.29 is 28.9 Å². The molecule has 7 nitrogen and oxygen atoms in total. The van der Waals surface area contributed by atoms with E-state index in [9.17, 15) is 14.7 Å². The van der Waals surface area contributed by atoms with Gasteiger partial charge in [-0.15, -0.1) is 0 Å². The predicted molar refractivity (Wildman–Crippen MR) is 78.5 cm³/mol. The Labute approximate surface area is 131 Å². The number of hydrogen-bond acceptors (Lipinski definition) is 5. The molecule has 0 spiro atoms. The van der Waals surface area contributed by atoms with E-state index in [0.717, 1.165) is 0 Å². The van der Waals surface area contributed by atoms with Crippen LogP contribution in [0.4, 0.5) is 5.69 Å². The summed E-state index contributed by atoms with van der Waals surface area (Å²) in [6, 6.07) is 5.09. The van der Waals surface area contributed by atoms with Gasteiger partial charge in [0.2, 0.25) is 5.91 Å². The van der Waals surface area contributed by atoms with E-state index in [1.807, 2.05) is 0 Å². The zero-order chi connectivity index (χ0) is 16.0. The van der Waals surface area contributed by atoms with Crippen LogP contribution in [0.15, 0.2) is 30.4 Å². The molecule has 2 bridgehead atoms. The number of aliphatic carboxylic acids is 1. The maximum atomic E-state index is 12.5. The monoisotopic (exact) mass is 317 g/mol. The summed E-state index contributed by atoms with van der Waals surface area (Å²) in [5.41, 5.74) is 0.537. The Morgan fingerprint density at radius 1 is 1.04 bits per heavy atom. The SMILES string of the molecule is O=C(Nc1ccc2c(c1)OCCO2)[C@@H]1[C@H](C(=O)O)[C@H]2C=C[C@H]1O2. The lowest BCUT2D eigenvalue weighted by Gasteiger charge is -2.22. The quantitative estimate of drug-likeness (QED) is 0.809. The average Bonchev–Trinajstić information content (AvgIpc) is 3.15. The van der Waals surface area contributed by atoms with Gasteiger partial charge in [-0.1, -0.05) is 12.2 Å². The first kappa shape index (κ1) is 14.1. The molecule has 120 valence electrons. The Morgan fingerprint density at radius 3 is 2.48 bits per heavy atom. The third-order valence-electron chi connectivity index (χ3n) is 4.30. The number of rotatable bonds is 3. The van der Waals surface area contributed by atoms with Gasteiger partial charge in [-0.05, 0) is 12.1 Å². The Bertz CT molecular complexity index is 700. The Hall–Kier alpha value is -2.54. The van der Waals surface area contributed by atoms with Crippen molar-refractivity contribution in [3.63, 3.8) is 0 Å². The fourth-order valence-corrected chi connectivity index (χ4v) is 3.26. The van der Waals surface area contributed by atoms with E-state index in [0.29, 0.717) is 30.4 Å². The van der Waals surface area contributed by atoms with Crippen LogP contribution in [0.5, 0.6) is 11.5 Å². The Morgan fingerprint density at radius 2 is 1.74 bits per heavy atom. The van der Waals surface area contributed by atoms with Gasteiger partial charge < -0.3 is 24.6 Å². The summed E-state index contributed by atoms with van der Waals surface area (Å²) in [6.07, 6.45) is 2.43. The zero-order valence-electron chi connectivity index (χ0n) is 12.1. The molecule has 4 atom stereocenters. The van der Waals surface area contributed by atoms with Crippen LogP contribution in [0.25, 0.3) is 0 Å². The molecule has 1 fully saturated rings. The van der Waals surface area contributed by atoms with Crippen molar-refractivity contribution >= 4 is 17.6 Å². The van der Waals surface area contributed by atoms with Gasteiger partial charge in [0.15, 0.2) is 11.5 Å². The minimum absolute atomic E-state index is 0.370. The van der Waals surface area contributed by atoms with Gasteiger partial charge in [0, 0.05) is 11.8 Å². The summed E-state index contributed by atoms with van der Waals surface area (Å²) < 4.78 is 16.4. The highest BCUT2D eigenvalue weighted by Crippen LogP contribution is 2.40. The lowest BCUT2D eigenvalue weighted by molar-refractivity contribution is -0.145. The van der Waals surface area contributed by atoms with Crippen LogP contribution in [0.2, 0.25) is 0 Å². The molecular weight excluding hydrogens is 302 g/mol. The summed E-state index contributed by atoms with van der Waals surface area (Å²) in [5, 5.41) is 12.1. The van der Waals surface area contributed by atoms with Crippen molar-refractivity contribution in [3.8, 4) is 11.5 Å². The van der Waals surface area contributed by atoms with Crippen molar-refractivity contribution in [1.29, 1.82) is 0 Å². The largest absolute Gasteiger partial charge is 0.486 e. The second-order valence-electron chi connectivity index (χ2n) is 5.69. The number of fused-ring (bicyclic) bond motifs is 3. The standard InChI is InChI=1S/C16H15NO6/c18-15(13-10-3-4-11(23-10)14(13)16(19)20)17-8-1-2-9-12(7-8)22-6-5-21-9/h1-4,7,10-11,13-14H,5-6H2,(H,17,18)(H,19,20)/t10-,11-,13+,14-/m1/s1. The third-order valence-corrected chi connectivity index (χ3v) is 4.30. The highest BCUT2D eigenvalue weighted by atomic mass is 16.6. The first-order valence-corrected chi connectivity index (χ1v) is 7.40. The summed E-state index contributed by atoms with van der Waals surface area (Å²) >= 11 is 0. The molecule has 1 aromatic rings. The lowest BCUT2D eigenvalue weighted by Crippen LogP contribution is -2.39. The van der Waals surface area contributed by atoms with Crippen LogP contribution in [0.1, 0.15) is 0 Å². The van der Waals surface area contributed by atoms with Crippen LogP contribution in [-0.4, -0.2) is 42.4 Å². The van der Waals surface area contributed by atoms with Gasteiger partial charge in [0.05, 0.1) is 18.1 Å². The van der Waals surface area contributed by atoms with Crippen molar-refractivity contribution in [2.24, 2.45) is 11.8 Å². The smallest absolute Gasteiger partial charge is 0.310 e. The number of carboxylic acid groups (broad SMARTS) is 1. The number of nitrogens with one attached hydrogen (secondary N) is 1. The molecule has 4 rings (SSSR count). The first-order chi connectivity index (χ1) is 11.1.